The summed E-state index contributed by atoms with van der Waals surface area (Å²) in [6.45, 7) is 1.65. The minimum Gasteiger partial charge on any atom is -0.508 e. The molecule has 0 aliphatic heterocycles. The van der Waals surface area contributed by atoms with Gasteiger partial charge in [-0.2, -0.15) is 5.10 Å². The standard InChI is InChI=1S/C12H14N4O4S/c1-7-5-8(17)3-4-9(7)12(18)14-11-10(21(13,19)20)6-16(2)15-11/h3-6,17H,1-2H3,(H2,13,19,20)(H,14,15,18). The van der Waals surface area contributed by atoms with Gasteiger partial charge in [-0.05, 0) is 30.7 Å². The highest BCUT2D eigenvalue weighted by Crippen LogP contribution is 2.20. The molecule has 1 amide bonds. The second-order valence-electron chi connectivity index (χ2n) is 4.51. The second-order valence-corrected chi connectivity index (χ2v) is 6.04. The van der Waals surface area contributed by atoms with Gasteiger partial charge in [0.25, 0.3) is 5.91 Å². The number of nitrogens with two attached hydrogens (primary N) is 1. The highest BCUT2D eigenvalue weighted by atomic mass is 32.2. The van der Waals surface area contributed by atoms with Crippen LogP contribution in [0.15, 0.2) is 29.3 Å². The molecule has 0 aliphatic rings. The Kier molecular flexibility index (Phi) is 3.71. The number of sulfonamides is 1. The number of benzene rings is 1. The van der Waals surface area contributed by atoms with E-state index < -0.39 is 15.9 Å². The molecule has 2 aromatic rings. The molecule has 2 rings (SSSR count). The van der Waals surface area contributed by atoms with Gasteiger partial charge in [-0.25, -0.2) is 13.6 Å². The van der Waals surface area contributed by atoms with Crippen molar-refractivity contribution in [1.29, 1.82) is 0 Å². The largest absolute Gasteiger partial charge is 0.508 e. The number of aromatic nitrogens is 2. The number of primary sulfonamides is 1. The summed E-state index contributed by atoms with van der Waals surface area (Å²) in [5.74, 6) is -0.652. The number of nitrogens with zero attached hydrogens (tertiary/aromatic N) is 2. The van der Waals surface area contributed by atoms with Crippen LogP contribution in [0.25, 0.3) is 0 Å². The van der Waals surface area contributed by atoms with Gasteiger partial charge in [0.2, 0.25) is 10.0 Å². The molecule has 1 aromatic heterocycles. The summed E-state index contributed by atoms with van der Waals surface area (Å²) in [6.07, 6.45) is 1.20. The lowest BCUT2D eigenvalue weighted by molar-refractivity contribution is 0.102. The Morgan fingerprint density at radius 1 is 1.43 bits per heavy atom. The highest BCUT2D eigenvalue weighted by Gasteiger charge is 2.21. The van der Waals surface area contributed by atoms with Crippen LogP contribution in [-0.2, 0) is 17.1 Å². The number of amides is 1. The number of carbonyl (C=O) groups excluding carboxylic acids is 1. The minimum atomic E-state index is -4.00. The van der Waals surface area contributed by atoms with E-state index in [9.17, 15) is 18.3 Å². The zero-order chi connectivity index (χ0) is 15.8. The summed E-state index contributed by atoms with van der Waals surface area (Å²) < 4.78 is 24.1. The van der Waals surface area contributed by atoms with E-state index in [4.69, 9.17) is 5.14 Å². The maximum absolute atomic E-state index is 12.2. The normalized spacial score (nSPS) is 11.4. The van der Waals surface area contributed by atoms with Gasteiger partial charge in [-0.3, -0.25) is 9.48 Å². The topological polar surface area (TPSA) is 127 Å². The molecule has 0 saturated heterocycles. The van der Waals surface area contributed by atoms with Crippen LogP contribution in [0.4, 0.5) is 5.82 Å². The first-order valence-electron chi connectivity index (χ1n) is 5.86. The van der Waals surface area contributed by atoms with Crippen LogP contribution in [0.3, 0.4) is 0 Å². The third kappa shape index (κ3) is 3.20. The first-order valence-corrected chi connectivity index (χ1v) is 7.40. The van der Waals surface area contributed by atoms with Crippen molar-refractivity contribution in [2.45, 2.75) is 11.8 Å². The van der Waals surface area contributed by atoms with E-state index in [1.165, 1.54) is 36.1 Å². The molecule has 9 heteroatoms. The predicted molar refractivity (Wildman–Crippen MR) is 75.4 cm³/mol. The first-order chi connectivity index (χ1) is 9.68. The molecule has 0 unspecified atom stereocenters. The number of anilines is 1. The van der Waals surface area contributed by atoms with E-state index >= 15 is 0 Å². The van der Waals surface area contributed by atoms with Crippen LogP contribution in [0.2, 0.25) is 0 Å². The maximum Gasteiger partial charge on any atom is 0.257 e. The number of hydrogen-bond donors (Lipinski definition) is 3. The second kappa shape index (κ2) is 5.19. The molecule has 0 saturated carbocycles. The lowest BCUT2D eigenvalue weighted by atomic mass is 10.1. The minimum absolute atomic E-state index is 0.0344. The number of phenolic OH excluding ortho intramolecular Hbond substituents is 1. The van der Waals surface area contributed by atoms with Gasteiger partial charge in [-0.1, -0.05) is 0 Å². The fourth-order valence-corrected chi connectivity index (χ4v) is 2.50. The van der Waals surface area contributed by atoms with Crippen molar-refractivity contribution in [1.82, 2.24) is 9.78 Å². The molecule has 112 valence electrons. The molecule has 0 atom stereocenters. The zero-order valence-corrected chi connectivity index (χ0v) is 12.2. The molecule has 1 aromatic carbocycles. The Hall–Kier alpha value is -2.39. The monoisotopic (exact) mass is 310 g/mol. The van der Waals surface area contributed by atoms with E-state index in [-0.39, 0.29) is 16.5 Å². The Morgan fingerprint density at radius 3 is 2.67 bits per heavy atom. The van der Waals surface area contributed by atoms with Gasteiger partial charge >= 0.3 is 0 Å². The summed E-state index contributed by atoms with van der Waals surface area (Å²) >= 11 is 0. The summed E-state index contributed by atoms with van der Waals surface area (Å²) in [7, 11) is -2.49. The van der Waals surface area contributed by atoms with Gasteiger partial charge < -0.3 is 10.4 Å². The lowest BCUT2D eigenvalue weighted by Crippen LogP contribution is -2.18. The van der Waals surface area contributed by atoms with E-state index in [2.05, 4.69) is 10.4 Å². The number of phenols is 1. The molecule has 1 heterocycles. The van der Waals surface area contributed by atoms with Crippen molar-refractivity contribution in [3.63, 3.8) is 0 Å². The van der Waals surface area contributed by atoms with Crippen molar-refractivity contribution in [2.24, 2.45) is 12.2 Å². The summed E-state index contributed by atoms with van der Waals surface area (Å²) in [5.41, 5.74) is 0.833. The smallest absolute Gasteiger partial charge is 0.257 e. The molecule has 4 N–H and O–H groups in total. The average molecular weight is 310 g/mol. The van der Waals surface area contributed by atoms with Crippen LogP contribution >= 0.6 is 0 Å². The molecule has 8 nitrogen and oxygen atoms in total. The van der Waals surface area contributed by atoms with Crippen molar-refractivity contribution in [3.8, 4) is 5.75 Å². The number of nitrogens with one attached hydrogen (secondary N) is 1. The number of rotatable bonds is 3. The van der Waals surface area contributed by atoms with Crippen molar-refractivity contribution < 1.29 is 18.3 Å². The van der Waals surface area contributed by atoms with Crippen LogP contribution in [-0.4, -0.2) is 29.2 Å². The van der Waals surface area contributed by atoms with Gasteiger partial charge in [0, 0.05) is 18.8 Å². The molecule has 0 aliphatic carbocycles. The first kappa shape index (κ1) is 15.0. The van der Waals surface area contributed by atoms with Crippen molar-refractivity contribution >= 4 is 21.7 Å². The van der Waals surface area contributed by atoms with Gasteiger partial charge in [-0.15, -0.1) is 0 Å². The fraction of sp³-hybridized carbons (Fsp3) is 0.167. The maximum atomic E-state index is 12.2. The quantitative estimate of drug-likeness (QED) is 0.753. The Bertz CT molecular complexity index is 811. The fourth-order valence-electron chi connectivity index (χ4n) is 1.84. The third-order valence-corrected chi connectivity index (χ3v) is 3.70. The van der Waals surface area contributed by atoms with Crippen molar-refractivity contribution in [2.75, 3.05) is 5.32 Å². The van der Waals surface area contributed by atoms with E-state index in [1.807, 2.05) is 0 Å². The third-order valence-electron chi connectivity index (χ3n) is 2.79. The predicted octanol–water partition coefficient (Wildman–Crippen LogP) is 0.334. The molecular formula is C12H14N4O4S. The van der Waals surface area contributed by atoms with Gasteiger partial charge in [0.05, 0.1) is 0 Å². The van der Waals surface area contributed by atoms with E-state index in [1.54, 1.807) is 6.92 Å². The Balaban J connectivity index is 2.36. The van der Waals surface area contributed by atoms with Gasteiger partial charge in [0.15, 0.2) is 5.82 Å². The number of aromatic hydroxyl groups is 1. The Morgan fingerprint density at radius 2 is 2.10 bits per heavy atom. The van der Waals surface area contributed by atoms with Crippen molar-refractivity contribution in [3.05, 3.63) is 35.5 Å². The highest BCUT2D eigenvalue weighted by molar-refractivity contribution is 7.89. The molecular weight excluding hydrogens is 296 g/mol. The SMILES string of the molecule is Cc1cc(O)ccc1C(=O)Nc1nn(C)cc1S(N)(=O)=O. The van der Waals surface area contributed by atoms with Gasteiger partial charge in [0.1, 0.15) is 10.6 Å². The molecule has 21 heavy (non-hydrogen) atoms. The summed E-state index contributed by atoms with van der Waals surface area (Å²) in [6, 6.07) is 4.22. The van der Waals surface area contributed by atoms with E-state index in [0.29, 0.717) is 11.1 Å². The number of carbonyl (C=O) groups is 1. The van der Waals surface area contributed by atoms with Crippen LogP contribution in [0.5, 0.6) is 5.75 Å². The lowest BCUT2D eigenvalue weighted by Gasteiger charge is -2.07. The molecule has 0 fully saturated rings. The molecule has 0 spiro atoms. The number of hydrogen-bond acceptors (Lipinski definition) is 5. The summed E-state index contributed by atoms with van der Waals surface area (Å²) in [5, 5.41) is 20.7. The van der Waals surface area contributed by atoms with E-state index in [0.717, 1.165) is 0 Å². The summed E-state index contributed by atoms with van der Waals surface area (Å²) in [4.78, 5) is 11.9. The van der Waals surface area contributed by atoms with Crippen LogP contribution in [0.1, 0.15) is 15.9 Å². The van der Waals surface area contributed by atoms with Crippen LogP contribution < -0.4 is 10.5 Å². The zero-order valence-electron chi connectivity index (χ0n) is 11.4. The number of aryl methyl sites for hydroxylation is 2. The average Bonchev–Trinajstić information content (AvgIpc) is 2.69. The molecule has 0 bridgehead atoms. The Labute approximate surface area is 121 Å². The molecule has 0 radical (unpaired) electrons. The van der Waals surface area contributed by atoms with Crippen LogP contribution in [0, 0.1) is 6.92 Å².